The van der Waals surface area contributed by atoms with Crippen LogP contribution in [0.2, 0.25) is 0 Å². The van der Waals surface area contributed by atoms with Crippen molar-refractivity contribution in [2.45, 2.75) is 32.7 Å². The first-order chi connectivity index (χ1) is 10.6. The normalized spacial score (nSPS) is 11.7. The van der Waals surface area contributed by atoms with Gasteiger partial charge in [-0.3, -0.25) is 4.98 Å². The van der Waals surface area contributed by atoms with Gasteiger partial charge in [0.2, 0.25) is 0 Å². The van der Waals surface area contributed by atoms with E-state index < -0.39 is 0 Å². The Kier molecular flexibility index (Phi) is 8.54. The van der Waals surface area contributed by atoms with Crippen LogP contribution < -0.4 is 10.6 Å². The Morgan fingerprint density at radius 3 is 2.65 bits per heavy atom. The molecule has 2 aromatic heterocycles. The predicted octanol–water partition coefficient (Wildman–Crippen LogP) is 3.79. The average Bonchev–Trinajstić information content (AvgIpc) is 3.06. The number of hydrogen-bond donors (Lipinski definition) is 2. The number of aliphatic imine (C=N–C) groups is 1. The molecule has 0 aromatic carbocycles. The Hall–Kier alpha value is -1.15. The van der Waals surface area contributed by atoms with Crippen molar-refractivity contribution < 1.29 is 0 Å². The van der Waals surface area contributed by atoms with Crippen molar-refractivity contribution in [1.82, 2.24) is 15.6 Å². The minimum absolute atomic E-state index is 0. The molecule has 0 fully saturated rings. The van der Waals surface area contributed by atoms with Gasteiger partial charge in [0, 0.05) is 29.6 Å². The number of guanidine groups is 1. The number of rotatable bonds is 6. The van der Waals surface area contributed by atoms with Crippen molar-refractivity contribution in [2.24, 2.45) is 4.99 Å². The van der Waals surface area contributed by atoms with Crippen LogP contribution in [-0.2, 0) is 12.0 Å². The molecule has 0 atom stereocenters. The monoisotopic (exact) mass is 444 g/mol. The molecule has 23 heavy (non-hydrogen) atoms. The first-order valence-corrected chi connectivity index (χ1v) is 8.46. The minimum Gasteiger partial charge on any atom is -0.357 e. The van der Waals surface area contributed by atoms with Gasteiger partial charge < -0.3 is 10.6 Å². The third-order valence-corrected chi connectivity index (χ3v) is 4.59. The first kappa shape index (κ1) is 19.9. The first-order valence-electron chi connectivity index (χ1n) is 7.58. The molecule has 2 aromatic rings. The number of aromatic nitrogens is 1. The van der Waals surface area contributed by atoms with Gasteiger partial charge in [-0.25, -0.2) is 4.99 Å². The predicted molar refractivity (Wildman–Crippen MR) is 110 cm³/mol. The van der Waals surface area contributed by atoms with Gasteiger partial charge >= 0.3 is 0 Å². The summed E-state index contributed by atoms with van der Waals surface area (Å²) in [6, 6.07) is 10.2. The molecule has 0 spiro atoms. The minimum atomic E-state index is 0. The summed E-state index contributed by atoms with van der Waals surface area (Å²) in [5.74, 6) is 0.831. The summed E-state index contributed by atoms with van der Waals surface area (Å²) in [5, 5.41) is 8.84. The number of nitrogens with one attached hydrogen (secondary N) is 2. The molecule has 4 nitrogen and oxygen atoms in total. The molecule has 0 saturated carbocycles. The van der Waals surface area contributed by atoms with E-state index in [9.17, 15) is 0 Å². The fraction of sp³-hybridized carbons (Fsp3) is 0.412. The third kappa shape index (κ3) is 6.47. The second-order valence-electron chi connectivity index (χ2n) is 5.73. The van der Waals surface area contributed by atoms with Gasteiger partial charge in [-0.15, -0.1) is 35.3 Å². The molecule has 126 valence electrons. The van der Waals surface area contributed by atoms with Gasteiger partial charge in [0.25, 0.3) is 0 Å². The molecule has 0 aliphatic carbocycles. The van der Waals surface area contributed by atoms with E-state index in [1.165, 1.54) is 4.88 Å². The van der Waals surface area contributed by atoms with Crippen molar-refractivity contribution in [1.29, 1.82) is 0 Å². The van der Waals surface area contributed by atoms with E-state index in [-0.39, 0.29) is 29.4 Å². The maximum atomic E-state index is 4.60. The molecule has 0 amide bonds. The van der Waals surface area contributed by atoms with E-state index in [1.807, 2.05) is 18.2 Å². The summed E-state index contributed by atoms with van der Waals surface area (Å²) in [4.78, 5) is 10.3. The fourth-order valence-electron chi connectivity index (χ4n) is 2.05. The average molecular weight is 444 g/mol. The largest absolute Gasteiger partial charge is 0.357 e. The van der Waals surface area contributed by atoms with Gasteiger partial charge in [0.05, 0.1) is 12.2 Å². The molecule has 6 heteroatoms. The molecule has 2 rings (SSSR count). The highest BCUT2D eigenvalue weighted by molar-refractivity contribution is 14.0. The van der Waals surface area contributed by atoms with E-state index in [4.69, 9.17) is 0 Å². The van der Waals surface area contributed by atoms with E-state index in [0.29, 0.717) is 6.54 Å². The van der Waals surface area contributed by atoms with Crippen LogP contribution in [0.25, 0.3) is 0 Å². The smallest absolute Gasteiger partial charge is 0.191 e. The van der Waals surface area contributed by atoms with Crippen molar-refractivity contribution in [3.05, 3.63) is 52.5 Å². The van der Waals surface area contributed by atoms with Crippen LogP contribution in [0.1, 0.15) is 31.3 Å². The quantitative estimate of drug-likeness (QED) is 0.405. The summed E-state index contributed by atoms with van der Waals surface area (Å²) in [6.07, 6.45) is 1.80. The van der Waals surface area contributed by atoms with Gasteiger partial charge in [-0.2, -0.15) is 0 Å². The Balaban J connectivity index is 0.00000264. The maximum absolute atomic E-state index is 4.60. The van der Waals surface area contributed by atoms with E-state index in [1.54, 1.807) is 17.5 Å². The maximum Gasteiger partial charge on any atom is 0.191 e. The van der Waals surface area contributed by atoms with Gasteiger partial charge in [-0.05, 0) is 30.5 Å². The molecule has 0 unspecified atom stereocenters. The van der Waals surface area contributed by atoms with Crippen LogP contribution in [0.15, 0.2) is 46.9 Å². The molecule has 2 N–H and O–H groups in total. The topological polar surface area (TPSA) is 49.3 Å². The summed E-state index contributed by atoms with van der Waals surface area (Å²) < 4.78 is 0. The lowest BCUT2D eigenvalue weighted by Gasteiger charge is -2.25. The van der Waals surface area contributed by atoms with Crippen LogP contribution in [0.3, 0.4) is 0 Å². The van der Waals surface area contributed by atoms with E-state index in [2.05, 4.69) is 58.9 Å². The van der Waals surface area contributed by atoms with Gasteiger partial charge in [-0.1, -0.05) is 26.0 Å². The van der Waals surface area contributed by atoms with Crippen LogP contribution in [-0.4, -0.2) is 24.0 Å². The fourth-order valence-corrected chi connectivity index (χ4v) is 2.90. The summed E-state index contributed by atoms with van der Waals surface area (Å²) in [6.45, 7) is 8.81. The van der Waals surface area contributed by atoms with Crippen molar-refractivity contribution in [2.75, 3.05) is 13.1 Å². The zero-order valence-corrected chi connectivity index (χ0v) is 17.0. The number of pyridine rings is 1. The van der Waals surface area contributed by atoms with Crippen LogP contribution in [0.5, 0.6) is 0 Å². The van der Waals surface area contributed by atoms with E-state index in [0.717, 1.165) is 24.7 Å². The van der Waals surface area contributed by atoms with E-state index >= 15 is 0 Å². The molecular formula is C17H25IN4S. The van der Waals surface area contributed by atoms with Crippen LogP contribution in [0, 0.1) is 0 Å². The molecule has 0 aliphatic rings. The lowest BCUT2D eigenvalue weighted by Crippen LogP contribution is -2.43. The molecule has 0 aliphatic heterocycles. The molecule has 0 saturated heterocycles. The number of nitrogens with zero attached hydrogens (tertiary/aromatic N) is 2. The van der Waals surface area contributed by atoms with Crippen molar-refractivity contribution in [3.63, 3.8) is 0 Å². The number of halogens is 1. The Bertz CT molecular complexity index is 582. The van der Waals surface area contributed by atoms with Gasteiger partial charge in [0.1, 0.15) is 0 Å². The lowest BCUT2D eigenvalue weighted by atomic mass is 9.91. The second kappa shape index (κ2) is 9.87. The Morgan fingerprint density at radius 2 is 2.04 bits per heavy atom. The standard InChI is InChI=1S/C17H24N4S.HI/c1-4-18-16(20-12-14-8-5-6-10-19-14)21-13-17(2,3)15-9-7-11-22-15;/h5-11H,4,12-13H2,1-3H3,(H2,18,20,21);1H. The van der Waals surface area contributed by atoms with Crippen molar-refractivity contribution in [3.8, 4) is 0 Å². The molecule has 0 bridgehead atoms. The molecule has 2 heterocycles. The van der Waals surface area contributed by atoms with Crippen LogP contribution in [0.4, 0.5) is 0 Å². The van der Waals surface area contributed by atoms with Crippen molar-refractivity contribution >= 4 is 41.3 Å². The summed E-state index contributed by atoms with van der Waals surface area (Å²) in [5.41, 5.74) is 1.05. The molecular weight excluding hydrogens is 419 g/mol. The highest BCUT2D eigenvalue weighted by Gasteiger charge is 2.21. The van der Waals surface area contributed by atoms with Crippen LogP contribution >= 0.6 is 35.3 Å². The number of thiophene rings is 1. The SMILES string of the molecule is CCNC(=NCc1ccccn1)NCC(C)(C)c1cccs1.I. The second-order valence-corrected chi connectivity index (χ2v) is 6.68. The third-order valence-electron chi connectivity index (χ3n) is 3.36. The highest BCUT2D eigenvalue weighted by atomic mass is 127. The highest BCUT2D eigenvalue weighted by Crippen LogP contribution is 2.26. The summed E-state index contributed by atoms with van der Waals surface area (Å²) >= 11 is 1.79. The summed E-state index contributed by atoms with van der Waals surface area (Å²) in [7, 11) is 0. The van der Waals surface area contributed by atoms with Gasteiger partial charge in [0.15, 0.2) is 5.96 Å². The Morgan fingerprint density at radius 1 is 1.22 bits per heavy atom. The zero-order chi connectivity index (χ0) is 15.8. The number of hydrogen-bond acceptors (Lipinski definition) is 3. The zero-order valence-electron chi connectivity index (χ0n) is 13.9. The molecule has 0 radical (unpaired) electrons. The Labute approximate surface area is 159 Å². The lowest BCUT2D eigenvalue weighted by molar-refractivity contribution is 0.518.